The lowest BCUT2D eigenvalue weighted by Gasteiger charge is -2.37. The van der Waals surface area contributed by atoms with Gasteiger partial charge in [-0.25, -0.2) is 8.42 Å². The van der Waals surface area contributed by atoms with Crippen molar-refractivity contribution in [3.05, 3.63) is 52.5 Å². The molecule has 0 aliphatic carbocycles. The fourth-order valence-corrected chi connectivity index (χ4v) is 8.14. The van der Waals surface area contributed by atoms with Crippen molar-refractivity contribution in [3.8, 4) is 0 Å². The molecule has 13 heteroatoms. The lowest BCUT2D eigenvalue weighted by molar-refractivity contribution is -0.135. The molecule has 43 heavy (non-hydrogen) atoms. The van der Waals surface area contributed by atoms with Gasteiger partial charge >= 0.3 is 0 Å². The highest BCUT2D eigenvalue weighted by atomic mass is 35.5. The fourth-order valence-electron chi connectivity index (χ4n) is 6.00. The topological polar surface area (TPSA) is 145 Å². The van der Waals surface area contributed by atoms with Gasteiger partial charge in [-0.3, -0.25) is 23.5 Å². The zero-order valence-electron chi connectivity index (χ0n) is 24.2. The van der Waals surface area contributed by atoms with E-state index in [-0.39, 0.29) is 28.8 Å². The van der Waals surface area contributed by atoms with Crippen LogP contribution in [0.5, 0.6) is 0 Å². The van der Waals surface area contributed by atoms with Crippen LogP contribution >= 0.6 is 11.6 Å². The van der Waals surface area contributed by atoms with Gasteiger partial charge in [-0.2, -0.15) is 0 Å². The van der Waals surface area contributed by atoms with Crippen molar-refractivity contribution in [2.24, 2.45) is 5.92 Å². The smallest absolute Gasteiger partial charge is 0.265 e. The SMILES string of the molecule is Cc1cc(S(=O)(=O)N2c3ccccc3NC(=O)[C@H]2CC(=O)NCCC2CCN(C(=O)C3CCC(=O)N3)CC2)c(C)cc1Cl. The molecular weight excluding hydrogens is 594 g/mol. The number of nitrogens with one attached hydrogen (secondary N) is 3. The van der Waals surface area contributed by atoms with Crippen LogP contribution in [0.15, 0.2) is 41.3 Å². The number of hydrogen-bond donors (Lipinski definition) is 3. The Hall–Kier alpha value is -3.64. The second-order valence-electron chi connectivity index (χ2n) is 11.5. The van der Waals surface area contributed by atoms with Crippen LogP contribution < -0.4 is 20.3 Å². The maximum absolute atomic E-state index is 14.1. The predicted molar refractivity (Wildman–Crippen MR) is 162 cm³/mol. The Kier molecular flexibility index (Phi) is 8.98. The molecule has 0 saturated carbocycles. The van der Waals surface area contributed by atoms with Crippen molar-refractivity contribution in [3.63, 3.8) is 0 Å². The standard InChI is InChI=1S/C30H36ClN5O6S/c1-18-16-26(19(2)15-21(18)31)43(41,42)36-24-6-4-3-5-22(24)34-29(39)25(36)17-28(38)32-12-9-20-10-13-35(14-11-20)30(40)23-7-8-27(37)33-23/h3-6,15-16,20,23,25H,7-14,17H2,1-2H3,(H,32,38)(H,33,37)(H,34,39)/t23?,25-/m1/s1. The van der Waals surface area contributed by atoms with Gasteiger partial charge in [0.15, 0.2) is 0 Å². The minimum absolute atomic E-state index is 0.0180. The molecule has 2 aromatic rings. The van der Waals surface area contributed by atoms with Crippen LogP contribution in [0.3, 0.4) is 0 Å². The third-order valence-electron chi connectivity index (χ3n) is 8.45. The van der Waals surface area contributed by atoms with E-state index in [1.54, 1.807) is 49.1 Å². The molecule has 3 heterocycles. The number of amides is 4. The first-order valence-corrected chi connectivity index (χ1v) is 16.3. The van der Waals surface area contributed by atoms with Crippen molar-refractivity contribution in [2.75, 3.05) is 29.3 Å². The Morgan fingerprint density at radius 1 is 1.05 bits per heavy atom. The summed E-state index contributed by atoms with van der Waals surface area (Å²) in [4.78, 5) is 52.2. The molecule has 0 radical (unpaired) electrons. The van der Waals surface area contributed by atoms with Gasteiger partial charge in [-0.1, -0.05) is 23.7 Å². The number of para-hydroxylation sites is 2. The monoisotopic (exact) mass is 629 g/mol. The van der Waals surface area contributed by atoms with Crippen LogP contribution in [0.1, 0.15) is 49.7 Å². The van der Waals surface area contributed by atoms with E-state index in [4.69, 9.17) is 11.6 Å². The van der Waals surface area contributed by atoms with Crippen LogP contribution in [0.4, 0.5) is 11.4 Å². The fraction of sp³-hybridized carbons (Fsp3) is 0.467. The third-order valence-corrected chi connectivity index (χ3v) is 10.8. The number of hydrogen-bond acceptors (Lipinski definition) is 6. The summed E-state index contributed by atoms with van der Waals surface area (Å²) in [6, 6.07) is 7.95. The maximum Gasteiger partial charge on any atom is 0.265 e. The molecule has 2 atom stereocenters. The van der Waals surface area contributed by atoms with Crippen molar-refractivity contribution in [1.82, 2.24) is 15.5 Å². The van der Waals surface area contributed by atoms with Gasteiger partial charge in [0.05, 0.1) is 22.7 Å². The van der Waals surface area contributed by atoms with Gasteiger partial charge in [0.25, 0.3) is 10.0 Å². The largest absolute Gasteiger partial charge is 0.356 e. The summed E-state index contributed by atoms with van der Waals surface area (Å²) in [5.41, 5.74) is 1.64. The summed E-state index contributed by atoms with van der Waals surface area (Å²) in [6.07, 6.45) is 2.83. The van der Waals surface area contributed by atoms with E-state index in [1.807, 2.05) is 0 Å². The second kappa shape index (κ2) is 12.5. The first kappa shape index (κ1) is 30.8. The number of rotatable bonds is 8. The third kappa shape index (κ3) is 6.50. The summed E-state index contributed by atoms with van der Waals surface area (Å²) in [5.74, 6) is -0.840. The molecule has 3 aliphatic rings. The highest BCUT2D eigenvalue weighted by Crippen LogP contribution is 2.38. The Morgan fingerprint density at radius 2 is 1.77 bits per heavy atom. The Bertz CT molecular complexity index is 1560. The van der Waals surface area contributed by atoms with Gasteiger partial charge in [0, 0.05) is 31.1 Å². The zero-order chi connectivity index (χ0) is 30.9. The van der Waals surface area contributed by atoms with Gasteiger partial charge in [-0.05, 0) is 80.8 Å². The van der Waals surface area contributed by atoms with Crippen molar-refractivity contribution in [1.29, 1.82) is 0 Å². The van der Waals surface area contributed by atoms with Gasteiger partial charge in [-0.15, -0.1) is 0 Å². The quantitative estimate of drug-likeness (QED) is 0.410. The van der Waals surface area contributed by atoms with E-state index in [0.29, 0.717) is 66.7 Å². The van der Waals surface area contributed by atoms with E-state index in [9.17, 15) is 27.6 Å². The zero-order valence-corrected chi connectivity index (χ0v) is 25.8. The van der Waals surface area contributed by atoms with Gasteiger partial charge in [0.2, 0.25) is 23.6 Å². The van der Waals surface area contributed by atoms with E-state index < -0.39 is 33.9 Å². The molecule has 5 rings (SSSR count). The molecule has 2 fully saturated rings. The number of benzene rings is 2. The summed E-state index contributed by atoms with van der Waals surface area (Å²) in [6.45, 7) is 4.91. The number of piperidine rings is 1. The summed E-state index contributed by atoms with van der Waals surface area (Å²) in [7, 11) is -4.25. The Morgan fingerprint density at radius 3 is 2.47 bits per heavy atom. The first-order valence-electron chi connectivity index (χ1n) is 14.5. The molecule has 3 N–H and O–H groups in total. The van der Waals surface area contributed by atoms with Crippen molar-refractivity contribution < 1.29 is 27.6 Å². The van der Waals surface area contributed by atoms with Gasteiger partial charge < -0.3 is 20.9 Å². The molecular formula is C30H36ClN5O6S. The summed E-state index contributed by atoms with van der Waals surface area (Å²) in [5, 5.41) is 8.77. The minimum atomic E-state index is -4.25. The number of likely N-dealkylation sites (tertiary alicyclic amines) is 1. The lowest BCUT2D eigenvalue weighted by atomic mass is 9.93. The molecule has 2 saturated heterocycles. The van der Waals surface area contributed by atoms with E-state index in [1.165, 1.54) is 6.07 Å². The molecule has 0 bridgehead atoms. The maximum atomic E-state index is 14.1. The van der Waals surface area contributed by atoms with Crippen LogP contribution in [0.25, 0.3) is 0 Å². The summed E-state index contributed by atoms with van der Waals surface area (Å²) >= 11 is 6.22. The molecule has 0 spiro atoms. The average molecular weight is 630 g/mol. The van der Waals surface area contributed by atoms with E-state index >= 15 is 0 Å². The molecule has 3 aliphatic heterocycles. The average Bonchev–Trinajstić information content (AvgIpc) is 3.41. The molecule has 0 aromatic heterocycles. The molecule has 1 unspecified atom stereocenters. The van der Waals surface area contributed by atoms with E-state index in [0.717, 1.165) is 17.1 Å². The van der Waals surface area contributed by atoms with Crippen molar-refractivity contribution >= 4 is 56.6 Å². The van der Waals surface area contributed by atoms with E-state index in [2.05, 4.69) is 16.0 Å². The normalized spacial score (nSPS) is 20.8. The predicted octanol–water partition coefficient (Wildman–Crippen LogP) is 2.89. The van der Waals surface area contributed by atoms with Crippen LogP contribution in [-0.2, 0) is 29.2 Å². The Balaban J connectivity index is 1.22. The highest BCUT2D eigenvalue weighted by Gasteiger charge is 2.42. The van der Waals surface area contributed by atoms with Crippen LogP contribution in [-0.4, -0.2) is 68.7 Å². The van der Waals surface area contributed by atoms with Crippen molar-refractivity contribution in [2.45, 2.75) is 69.4 Å². The lowest BCUT2D eigenvalue weighted by Crippen LogP contribution is -2.53. The minimum Gasteiger partial charge on any atom is -0.356 e. The number of aryl methyl sites for hydroxylation is 2. The number of fused-ring (bicyclic) bond motifs is 1. The molecule has 230 valence electrons. The molecule has 2 aromatic carbocycles. The molecule has 11 nitrogen and oxygen atoms in total. The number of carbonyl (C=O) groups excluding carboxylic acids is 4. The number of sulfonamides is 1. The molecule has 4 amide bonds. The van der Waals surface area contributed by atoms with Crippen LogP contribution in [0, 0.1) is 19.8 Å². The summed E-state index contributed by atoms with van der Waals surface area (Å²) < 4.78 is 29.2. The Labute approximate surface area is 256 Å². The number of nitrogens with zero attached hydrogens (tertiary/aromatic N) is 2. The second-order valence-corrected chi connectivity index (χ2v) is 13.7. The number of carbonyl (C=O) groups is 4. The van der Waals surface area contributed by atoms with Gasteiger partial charge in [0.1, 0.15) is 12.1 Å². The van der Waals surface area contributed by atoms with Crippen LogP contribution in [0.2, 0.25) is 5.02 Å². The first-order chi connectivity index (χ1) is 20.5. The number of anilines is 2. The highest BCUT2D eigenvalue weighted by molar-refractivity contribution is 7.93. The number of halogens is 1.